The molecule has 0 heterocycles. The molecule has 0 amide bonds. The van der Waals surface area contributed by atoms with Crippen LogP contribution in [0.25, 0.3) is 10.8 Å². The zero-order valence-corrected chi connectivity index (χ0v) is 12.8. The van der Waals surface area contributed by atoms with Crippen LogP contribution in [-0.4, -0.2) is 5.11 Å². The van der Waals surface area contributed by atoms with E-state index in [0.29, 0.717) is 22.0 Å². The number of hydrogen-bond donors (Lipinski definition) is 1. The molecule has 0 radical (unpaired) electrons. The van der Waals surface area contributed by atoms with Crippen molar-refractivity contribution in [2.45, 2.75) is 12.5 Å². The normalized spacial score (nSPS) is 12.5. The topological polar surface area (TPSA) is 20.2 Å². The SMILES string of the molecule is OC(Cc1ccc2ccccc2c1)c1cc(Cl)ccc1Cl. The van der Waals surface area contributed by atoms with Crippen molar-refractivity contribution in [2.24, 2.45) is 0 Å². The van der Waals surface area contributed by atoms with Gasteiger partial charge in [0.2, 0.25) is 0 Å². The molecular weight excluding hydrogens is 303 g/mol. The molecule has 0 aliphatic rings. The first-order valence-corrected chi connectivity index (χ1v) is 7.50. The molecule has 3 aromatic carbocycles. The van der Waals surface area contributed by atoms with Gasteiger partial charge in [0.15, 0.2) is 0 Å². The standard InChI is InChI=1S/C18H14Cl2O/c19-15-7-8-17(20)16(11-15)18(21)10-12-5-6-13-3-1-2-4-14(13)9-12/h1-9,11,18,21H,10H2. The van der Waals surface area contributed by atoms with E-state index in [9.17, 15) is 5.11 Å². The van der Waals surface area contributed by atoms with Gasteiger partial charge in [0.1, 0.15) is 0 Å². The van der Waals surface area contributed by atoms with E-state index in [0.717, 1.165) is 5.56 Å². The zero-order valence-electron chi connectivity index (χ0n) is 11.3. The minimum atomic E-state index is -0.669. The largest absolute Gasteiger partial charge is 0.388 e. The van der Waals surface area contributed by atoms with Gasteiger partial charge in [0, 0.05) is 22.0 Å². The van der Waals surface area contributed by atoms with Crippen molar-refractivity contribution in [1.82, 2.24) is 0 Å². The Morgan fingerprint density at radius 2 is 1.62 bits per heavy atom. The van der Waals surface area contributed by atoms with Gasteiger partial charge >= 0.3 is 0 Å². The molecule has 1 N–H and O–H groups in total. The lowest BCUT2D eigenvalue weighted by molar-refractivity contribution is 0.178. The van der Waals surface area contributed by atoms with Crippen molar-refractivity contribution in [1.29, 1.82) is 0 Å². The molecule has 3 heteroatoms. The molecule has 1 atom stereocenters. The molecule has 3 aromatic rings. The van der Waals surface area contributed by atoms with Gasteiger partial charge in [-0.25, -0.2) is 0 Å². The molecule has 0 aromatic heterocycles. The highest BCUT2D eigenvalue weighted by molar-refractivity contribution is 6.33. The lowest BCUT2D eigenvalue weighted by atomic mass is 9.99. The van der Waals surface area contributed by atoms with Gasteiger partial charge < -0.3 is 5.11 Å². The molecule has 106 valence electrons. The second-order valence-corrected chi connectivity index (χ2v) is 5.91. The van der Waals surface area contributed by atoms with Crippen LogP contribution in [-0.2, 0) is 6.42 Å². The number of halogens is 2. The molecule has 0 saturated heterocycles. The van der Waals surface area contributed by atoms with Crippen LogP contribution in [0.15, 0.2) is 60.7 Å². The van der Waals surface area contributed by atoms with Crippen molar-refractivity contribution in [3.63, 3.8) is 0 Å². The molecule has 0 spiro atoms. The second kappa shape index (κ2) is 6.07. The summed E-state index contributed by atoms with van der Waals surface area (Å²) in [5, 5.41) is 13.9. The fourth-order valence-electron chi connectivity index (χ4n) is 2.47. The lowest BCUT2D eigenvalue weighted by Gasteiger charge is -2.13. The molecule has 1 unspecified atom stereocenters. The van der Waals surface area contributed by atoms with Crippen LogP contribution in [0.2, 0.25) is 10.0 Å². The summed E-state index contributed by atoms with van der Waals surface area (Å²) in [6.45, 7) is 0. The number of hydrogen-bond acceptors (Lipinski definition) is 1. The lowest BCUT2D eigenvalue weighted by Crippen LogP contribution is -2.02. The van der Waals surface area contributed by atoms with E-state index in [4.69, 9.17) is 23.2 Å². The third kappa shape index (κ3) is 3.21. The van der Waals surface area contributed by atoms with Crippen molar-refractivity contribution in [2.75, 3.05) is 0 Å². The maximum absolute atomic E-state index is 10.4. The van der Waals surface area contributed by atoms with Crippen LogP contribution >= 0.6 is 23.2 Å². The number of aliphatic hydroxyl groups excluding tert-OH is 1. The van der Waals surface area contributed by atoms with Gasteiger partial charge in [0.25, 0.3) is 0 Å². The van der Waals surface area contributed by atoms with Crippen molar-refractivity contribution >= 4 is 34.0 Å². The van der Waals surface area contributed by atoms with Gasteiger partial charge in [0.05, 0.1) is 6.10 Å². The van der Waals surface area contributed by atoms with E-state index in [2.05, 4.69) is 24.3 Å². The summed E-state index contributed by atoms with van der Waals surface area (Å²) in [7, 11) is 0. The Morgan fingerprint density at radius 3 is 2.43 bits per heavy atom. The molecule has 21 heavy (non-hydrogen) atoms. The van der Waals surface area contributed by atoms with Gasteiger partial charge in [-0.2, -0.15) is 0 Å². The molecule has 0 fully saturated rings. The van der Waals surface area contributed by atoms with Crippen LogP contribution in [0.5, 0.6) is 0 Å². The Balaban J connectivity index is 1.88. The van der Waals surface area contributed by atoms with E-state index >= 15 is 0 Å². The van der Waals surface area contributed by atoms with Crippen LogP contribution in [0.3, 0.4) is 0 Å². The zero-order chi connectivity index (χ0) is 14.8. The number of aliphatic hydroxyl groups is 1. The van der Waals surface area contributed by atoms with E-state index in [1.807, 2.05) is 18.2 Å². The highest BCUT2D eigenvalue weighted by atomic mass is 35.5. The van der Waals surface area contributed by atoms with Crippen molar-refractivity contribution in [3.8, 4) is 0 Å². The fourth-order valence-corrected chi connectivity index (χ4v) is 2.89. The Kier molecular flexibility index (Phi) is 4.16. The molecule has 1 nitrogen and oxygen atoms in total. The predicted octanol–water partition coefficient (Wildman–Crippen LogP) is 5.42. The summed E-state index contributed by atoms with van der Waals surface area (Å²) in [4.78, 5) is 0. The minimum Gasteiger partial charge on any atom is -0.388 e. The Labute approximate surface area is 133 Å². The summed E-state index contributed by atoms with van der Waals surface area (Å²) >= 11 is 12.1. The molecule has 0 saturated carbocycles. The van der Waals surface area contributed by atoms with Crippen LogP contribution in [0.1, 0.15) is 17.2 Å². The smallest absolute Gasteiger partial charge is 0.0845 e. The third-order valence-corrected chi connectivity index (χ3v) is 4.14. The van der Waals surface area contributed by atoms with Gasteiger partial charge in [-0.3, -0.25) is 0 Å². The van der Waals surface area contributed by atoms with Crippen LogP contribution < -0.4 is 0 Å². The number of benzene rings is 3. The fraction of sp³-hybridized carbons (Fsp3) is 0.111. The minimum absolute atomic E-state index is 0.505. The number of fused-ring (bicyclic) bond motifs is 1. The maximum atomic E-state index is 10.4. The van der Waals surface area contributed by atoms with Gasteiger partial charge in [-0.05, 0) is 34.5 Å². The van der Waals surface area contributed by atoms with Crippen molar-refractivity contribution < 1.29 is 5.11 Å². The van der Waals surface area contributed by atoms with Crippen LogP contribution in [0, 0.1) is 0 Å². The summed E-state index contributed by atoms with van der Waals surface area (Å²) in [6, 6.07) is 19.5. The van der Waals surface area contributed by atoms with E-state index in [1.54, 1.807) is 18.2 Å². The molecule has 0 aliphatic heterocycles. The summed E-state index contributed by atoms with van der Waals surface area (Å²) in [6.07, 6.45) is -0.164. The average molecular weight is 317 g/mol. The first kappa shape index (κ1) is 14.4. The van der Waals surface area contributed by atoms with Gasteiger partial charge in [-0.1, -0.05) is 65.7 Å². The van der Waals surface area contributed by atoms with E-state index in [-0.39, 0.29) is 0 Å². The van der Waals surface area contributed by atoms with E-state index < -0.39 is 6.10 Å². The Morgan fingerprint density at radius 1 is 0.857 bits per heavy atom. The summed E-state index contributed by atoms with van der Waals surface area (Å²) in [5.74, 6) is 0. The Bertz CT molecular complexity index is 783. The first-order chi connectivity index (χ1) is 10.1. The predicted molar refractivity (Wildman–Crippen MR) is 89.1 cm³/mol. The third-order valence-electron chi connectivity index (χ3n) is 3.56. The van der Waals surface area contributed by atoms with Gasteiger partial charge in [-0.15, -0.1) is 0 Å². The first-order valence-electron chi connectivity index (χ1n) is 6.74. The molecule has 0 aliphatic carbocycles. The maximum Gasteiger partial charge on any atom is 0.0845 e. The van der Waals surface area contributed by atoms with Crippen LogP contribution in [0.4, 0.5) is 0 Å². The molecule has 0 bridgehead atoms. The summed E-state index contributed by atoms with van der Waals surface area (Å²) < 4.78 is 0. The quantitative estimate of drug-likeness (QED) is 0.683. The molecular formula is C18H14Cl2O. The highest BCUT2D eigenvalue weighted by Crippen LogP contribution is 2.29. The number of rotatable bonds is 3. The Hall–Kier alpha value is -1.54. The van der Waals surface area contributed by atoms with E-state index in [1.165, 1.54) is 10.8 Å². The van der Waals surface area contributed by atoms with Crippen molar-refractivity contribution in [3.05, 3.63) is 81.8 Å². The highest BCUT2D eigenvalue weighted by Gasteiger charge is 2.13. The molecule has 3 rings (SSSR count). The monoisotopic (exact) mass is 316 g/mol. The average Bonchev–Trinajstić information content (AvgIpc) is 2.49. The second-order valence-electron chi connectivity index (χ2n) is 5.07. The summed E-state index contributed by atoms with van der Waals surface area (Å²) in [5.41, 5.74) is 1.73.